The first kappa shape index (κ1) is 56.4. The Labute approximate surface area is 361 Å². The van der Waals surface area contributed by atoms with Gasteiger partial charge in [0.15, 0.2) is 6.10 Å². The molecule has 0 saturated heterocycles. The molecule has 1 unspecified atom stereocenters. The highest BCUT2D eigenvalue weighted by Gasteiger charge is 2.19. The van der Waals surface area contributed by atoms with Gasteiger partial charge in [-0.15, -0.1) is 0 Å². The van der Waals surface area contributed by atoms with Gasteiger partial charge in [-0.25, -0.2) is 0 Å². The van der Waals surface area contributed by atoms with Crippen LogP contribution in [0.15, 0.2) is 0 Å². The van der Waals surface area contributed by atoms with Crippen molar-refractivity contribution in [3.05, 3.63) is 0 Å². The predicted molar refractivity (Wildman–Crippen MR) is 247 cm³/mol. The lowest BCUT2D eigenvalue weighted by molar-refractivity contribution is -0.167. The number of ether oxygens (including phenoxy) is 3. The van der Waals surface area contributed by atoms with E-state index in [0.717, 1.165) is 75.5 Å². The first-order valence-electron chi connectivity index (χ1n) is 25.6. The van der Waals surface area contributed by atoms with E-state index in [2.05, 4.69) is 41.5 Å². The van der Waals surface area contributed by atoms with E-state index >= 15 is 0 Å². The van der Waals surface area contributed by atoms with Crippen molar-refractivity contribution in [1.29, 1.82) is 0 Å². The van der Waals surface area contributed by atoms with E-state index in [0.29, 0.717) is 19.3 Å². The summed E-state index contributed by atoms with van der Waals surface area (Å²) in [6.07, 6.45) is 42.7. The van der Waals surface area contributed by atoms with Crippen LogP contribution >= 0.6 is 0 Å². The Hall–Kier alpha value is -1.59. The van der Waals surface area contributed by atoms with Crippen molar-refractivity contribution in [3.8, 4) is 0 Å². The number of rotatable bonds is 45. The summed E-state index contributed by atoms with van der Waals surface area (Å²) in [5.74, 6) is 1.57. The molecule has 0 aromatic heterocycles. The number of hydrogen-bond donors (Lipinski definition) is 0. The molecule has 0 saturated carbocycles. The van der Waals surface area contributed by atoms with Crippen LogP contribution in [0.1, 0.15) is 279 Å². The molecule has 0 aliphatic carbocycles. The molecule has 344 valence electrons. The van der Waals surface area contributed by atoms with Crippen LogP contribution in [-0.2, 0) is 28.6 Å². The first-order chi connectivity index (χ1) is 28.1. The van der Waals surface area contributed by atoms with Crippen LogP contribution in [0.5, 0.6) is 0 Å². The summed E-state index contributed by atoms with van der Waals surface area (Å²) in [6, 6.07) is 0. The van der Waals surface area contributed by atoms with Gasteiger partial charge in [0.1, 0.15) is 13.2 Å². The smallest absolute Gasteiger partial charge is 0.306 e. The minimum Gasteiger partial charge on any atom is -0.462 e. The summed E-state index contributed by atoms with van der Waals surface area (Å²) >= 11 is 0. The maximum Gasteiger partial charge on any atom is 0.306 e. The van der Waals surface area contributed by atoms with Gasteiger partial charge in [-0.2, -0.15) is 0 Å². The molecule has 2 atom stereocenters. The second-order valence-electron chi connectivity index (χ2n) is 19.0. The number of hydrogen-bond acceptors (Lipinski definition) is 6. The monoisotopic (exact) mass is 821 g/mol. The fraction of sp³-hybridized carbons (Fsp3) is 0.942. The molecule has 0 spiro atoms. The van der Waals surface area contributed by atoms with Crippen molar-refractivity contribution in [2.24, 2.45) is 17.8 Å². The second-order valence-corrected chi connectivity index (χ2v) is 19.0. The number of esters is 3. The molecule has 0 bridgehead atoms. The summed E-state index contributed by atoms with van der Waals surface area (Å²) in [6.45, 7) is 13.6. The van der Waals surface area contributed by atoms with E-state index in [1.807, 2.05) is 0 Å². The number of unbranched alkanes of at least 4 members (excludes halogenated alkanes) is 27. The highest BCUT2D eigenvalue weighted by Crippen LogP contribution is 2.18. The van der Waals surface area contributed by atoms with Crippen LogP contribution in [0.4, 0.5) is 0 Å². The summed E-state index contributed by atoms with van der Waals surface area (Å²) < 4.78 is 16.7. The van der Waals surface area contributed by atoms with Crippen LogP contribution in [0, 0.1) is 17.8 Å². The van der Waals surface area contributed by atoms with E-state index in [-0.39, 0.29) is 31.1 Å². The van der Waals surface area contributed by atoms with E-state index in [1.165, 1.54) is 161 Å². The van der Waals surface area contributed by atoms with Gasteiger partial charge >= 0.3 is 17.9 Å². The fourth-order valence-corrected chi connectivity index (χ4v) is 7.73. The lowest BCUT2D eigenvalue weighted by Gasteiger charge is -2.18. The zero-order valence-electron chi connectivity index (χ0n) is 39.8. The quantitative estimate of drug-likeness (QED) is 0.0346. The van der Waals surface area contributed by atoms with Crippen LogP contribution in [0.2, 0.25) is 0 Å². The molecule has 0 amide bonds. The Morgan fingerprint density at radius 2 is 0.603 bits per heavy atom. The van der Waals surface area contributed by atoms with Crippen molar-refractivity contribution in [2.75, 3.05) is 13.2 Å². The van der Waals surface area contributed by atoms with Gasteiger partial charge in [0.2, 0.25) is 0 Å². The third-order valence-corrected chi connectivity index (χ3v) is 12.0. The van der Waals surface area contributed by atoms with Gasteiger partial charge in [-0.1, -0.05) is 241 Å². The third-order valence-electron chi connectivity index (χ3n) is 12.0. The largest absolute Gasteiger partial charge is 0.462 e. The van der Waals surface area contributed by atoms with Crippen LogP contribution in [0.3, 0.4) is 0 Å². The molecule has 58 heavy (non-hydrogen) atoms. The van der Waals surface area contributed by atoms with Crippen LogP contribution in [-0.4, -0.2) is 37.2 Å². The highest BCUT2D eigenvalue weighted by atomic mass is 16.6. The third kappa shape index (κ3) is 44.0. The van der Waals surface area contributed by atoms with Gasteiger partial charge < -0.3 is 14.2 Å². The lowest BCUT2D eigenvalue weighted by Crippen LogP contribution is -2.30. The van der Waals surface area contributed by atoms with Crippen molar-refractivity contribution in [1.82, 2.24) is 0 Å². The molecule has 0 fully saturated rings. The molecule has 0 radical (unpaired) electrons. The molecule has 0 N–H and O–H groups in total. The molecule has 0 aliphatic heterocycles. The van der Waals surface area contributed by atoms with E-state index in [4.69, 9.17) is 14.2 Å². The summed E-state index contributed by atoms with van der Waals surface area (Å²) in [4.78, 5) is 37.7. The minimum absolute atomic E-state index is 0.0666. The normalized spacial score (nSPS) is 12.6. The maximum absolute atomic E-state index is 12.7. The zero-order chi connectivity index (χ0) is 42.7. The molecular formula is C52H100O6. The molecule has 0 heterocycles. The standard InChI is InChI=1S/C52H100O6/c1-7-48(6)40-34-28-20-18-16-14-12-10-8-9-11-13-15-17-19-21-29-35-41-50(53)56-44-49(58-52(55)43-37-31-25-23-27-33-39-47(4)5)45-57-51(54)42-36-30-24-22-26-32-38-46(2)3/h46-49H,7-45H2,1-6H3/t48?,49-/m0/s1. The minimum atomic E-state index is -0.763. The van der Waals surface area contributed by atoms with Crippen LogP contribution in [0.25, 0.3) is 0 Å². The van der Waals surface area contributed by atoms with Gasteiger partial charge in [-0.3, -0.25) is 14.4 Å². The average Bonchev–Trinajstić information content (AvgIpc) is 3.19. The molecule has 0 aromatic rings. The Morgan fingerprint density at radius 3 is 0.897 bits per heavy atom. The second kappa shape index (κ2) is 43.5. The summed E-state index contributed by atoms with van der Waals surface area (Å²) in [5, 5.41) is 0. The predicted octanol–water partition coefficient (Wildman–Crippen LogP) is 16.4. The molecule has 6 nitrogen and oxygen atoms in total. The SMILES string of the molecule is CCC(C)CCCCCCCCCCCCCCCCCCCCC(=O)OC[C@@H](COC(=O)CCCCCCCCC(C)C)OC(=O)CCCCCCCCC(C)C. The Morgan fingerprint density at radius 1 is 0.345 bits per heavy atom. The molecule has 6 heteroatoms. The first-order valence-corrected chi connectivity index (χ1v) is 25.6. The molecular weight excluding hydrogens is 721 g/mol. The van der Waals surface area contributed by atoms with Crippen molar-refractivity contribution >= 4 is 17.9 Å². The molecule has 0 aliphatic rings. The topological polar surface area (TPSA) is 78.9 Å². The average molecular weight is 821 g/mol. The van der Waals surface area contributed by atoms with Gasteiger partial charge in [-0.05, 0) is 37.0 Å². The molecule has 0 rings (SSSR count). The van der Waals surface area contributed by atoms with Crippen molar-refractivity contribution in [3.63, 3.8) is 0 Å². The lowest BCUT2D eigenvalue weighted by atomic mass is 9.99. The van der Waals surface area contributed by atoms with E-state index in [9.17, 15) is 14.4 Å². The van der Waals surface area contributed by atoms with E-state index < -0.39 is 6.10 Å². The highest BCUT2D eigenvalue weighted by molar-refractivity contribution is 5.71. The fourth-order valence-electron chi connectivity index (χ4n) is 7.73. The molecule has 0 aromatic carbocycles. The van der Waals surface area contributed by atoms with Gasteiger partial charge in [0.25, 0.3) is 0 Å². The van der Waals surface area contributed by atoms with Crippen molar-refractivity contribution in [2.45, 2.75) is 285 Å². The van der Waals surface area contributed by atoms with Crippen LogP contribution < -0.4 is 0 Å². The number of carbonyl (C=O) groups is 3. The van der Waals surface area contributed by atoms with Crippen molar-refractivity contribution < 1.29 is 28.6 Å². The van der Waals surface area contributed by atoms with E-state index in [1.54, 1.807) is 0 Å². The Bertz CT molecular complexity index is 900. The zero-order valence-corrected chi connectivity index (χ0v) is 39.8. The summed E-state index contributed by atoms with van der Waals surface area (Å²) in [7, 11) is 0. The van der Waals surface area contributed by atoms with Gasteiger partial charge in [0.05, 0.1) is 0 Å². The summed E-state index contributed by atoms with van der Waals surface area (Å²) in [5.41, 5.74) is 0. The number of carbonyl (C=O) groups excluding carboxylic acids is 3. The Balaban J connectivity index is 4.12. The Kier molecular flexibility index (Phi) is 42.3. The van der Waals surface area contributed by atoms with Gasteiger partial charge in [0, 0.05) is 19.3 Å². The maximum atomic E-state index is 12.7.